The number of aliphatic carboxylic acids is 4. The van der Waals surface area contributed by atoms with Crippen LogP contribution < -0.4 is 86.7 Å². The second-order valence-corrected chi connectivity index (χ2v) is 25.6. The van der Waals surface area contributed by atoms with Crippen molar-refractivity contribution < 1.29 is 121 Å². The van der Waals surface area contributed by atoms with Crippen molar-refractivity contribution in [1.29, 1.82) is 0 Å². The Balaban J connectivity index is 2.37. The average molecular weight is 1520 g/mol. The quantitative estimate of drug-likeness (QED) is 0.0288. The third-order valence-electron chi connectivity index (χ3n) is 17.2. The van der Waals surface area contributed by atoms with E-state index in [0.717, 1.165) is 5.56 Å². The molecule has 25 N–H and O–H groups in total. The predicted molar refractivity (Wildman–Crippen MR) is 369 cm³/mol. The number of carboxylic acids is 4. The first-order chi connectivity index (χ1) is 50.2. The zero-order valence-corrected chi connectivity index (χ0v) is 59.9. The Labute approximate surface area is 613 Å². The molecule has 1 aliphatic heterocycles. The number of nitrogens with one attached hydrogen (secondary N) is 12. The number of aliphatic hydroxyl groups excluding tert-OH is 1. The number of amides is 16. The molecule has 16 amide bonds. The Morgan fingerprint density at radius 2 is 0.832 bits per heavy atom. The Bertz CT molecular complexity index is 3400. The van der Waals surface area contributed by atoms with Crippen molar-refractivity contribution in [2.24, 2.45) is 40.7 Å². The van der Waals surface area contributed by atoms with E-state index in [1.165, 1.54) is 32.6 Å². The molecule has 1 fully saturated rings. The van der Waals surface area contributed by atoms with Crippen LogP contribution >= 0.6 is 0 Å². The zero-order chi connectivity index (χ0) is 81.1. The van der Waals surface area contributed by atoms with Gasteiger partial charge in [-0.05, 0) is 55.4 Å². The minimum atomic E-state index is -2.17. The summed E-state index contributed by atoms with van der Waals surface area (Å²) in [7, 11) is 0. The van der Waals surface area contributed by atoms with E-state index in [-0.39, 0.29) is 38.6 Å². The van der Waals surface area contributed by atoms with Gasteiger partial charge in [0.15, 0.2) is 0 Å². The van der Waals surface area contributed by atoms with Gasteiger partial charge < -0.3 is 117 Å². The predicted octanol–water partition coefficient (Wildman–Crippen LogP) is -8.33. The topological polar surface area (TPSA) is 694 Å². The lowest BCUT2D eigenvalue weighted by atomic mass is 9.96. The molecule has 0 unspecified atom stereocenters. The van der Waals surface area contributed by atoms with Gasteiger partial charge in [-0.15, -0.1) is 0 Å². The smallest absolute Gasteiger partial charge is 0.326 e. The summed E-state index contributed by atoms with van der Waals surface area (Å²) in [6.45, 7) is 6.55. The van der Waals surface area contributed by atoms with Crippen LogP contribution in [0.15, 0.2) is 30.3 Å². The van der Waals surface area contributed by atoms with Crippen LogP contribution in [0.1, 0.15) is 131 Å². The molecule has 1 aromatic rings. The summed E-state index contributed by atoms with van der Waals surface area (Å²) in [5.41, 5.74) is 22.9. The van der Waals surface area contributed by atoms with Crippen molar-refractivity contribution in [3.05, 3.63) is 35.9 Å². The minimum Gasteiger partial charge on any atom is -0.481 e. The molecule has 2 rings (SSSR count). The molecule has 594 valence electrons. The second-order valence-electron chi connectivity index (χ2n) is 25.6. The third-order valence-corrected chi connectivity index (χ3v) is 17.2. The lowest BCUT2D eigenvalue weighted by Gasteiger charge is -2.30. The van der Waals surface area contributed by atoms with Gasteiger partial charge >= 0.3 is 23.9 Å². The number of likely N-dealkylation sites (tertiary alicyclic amines) is 1. The highest BCUT2D eigenvalue weighted by atomic mass is 16.4. The van der Waals surface area contributed by atoms with Crippen LogP contribution in [0.3, 0.4) is 0 Å². The van der Waals surface area contributed by atoms with Gasteiger partial charge in [0.2, 0.25) is 94.5 Å². The molecule has 107 heavy (non-hydrogen) atoms. The summed E-state index contributed by atoms with van der Waals surface area (Å²) < 4.78 is 0. The Kier molecular flexibility index (Phi) is 39.1. The Morgan fingerprint density at radius 1 is 0.449 bits per heavy atom. The molecule has 0 aliphatic carbocycles. The molecular formula is C65H99N17O25. The van der Waals surface area contributed by atoms with Gasteiger partial charge in [0.25, 0.3) is 0 Å². The summed E-state index contributed by atoms with van der Waals surface area (Å²) in [5, 5.41) is 74.8. The first kappa shape index (κ1) is 91.6. The standard InChI is InChI=1S/C65H99N17O25/c1-7-30(4)51(62(103)70-27-46(87)72-35(17-19-43(67)84)55(96)78-41(29-83)60(101)77-40(65(106)107)26-50(93)94)79-56(97)36(18-20-44(68)85)73-57(98)37(23-45(69)86)75-63(104)52(31(5)8-2)80-59(100)39(25-49(91)92)74-58(99)38(24-48(89)90)76-64(105)53(32(6)9-3)81-61(102)42-16-13-21-82(42)47(88)28-71-54(95)34(66)22-33-14-11-10-12-15-33/h10-12,14-15,30-32,34-42,51-53,83H,7-9,13,16-29,66H2,1-6H3,(H2,67,84)(H2,68,85)(H2,69,86)(H,70,103)(H,71,95)(H,72,87)(H,73,98)(H,74,99)(H,75,104)(H,76,105)(H,77,101)(H,78,96)(H,79,97)(H,80,100)(H,81,102)(H,89,90)(H,91,92)(H,93,94)(H,106,107)/t30-,31-,32-,34-,35-,36-,37-,38-,39-,40-,41-,42-,51-,52-,53-/m0/s1. The van der Waals surface area contributed by atoms with Crippen molar-refractivity contribution in [3.8, 4) is 0 Å². The van der Waals surface area contributed by atoms with Crippen molar-refractivity contribution in [2.75, 3.05) is 26.2 Å². The molecule has 15 atom stereocenters. The van der Waals surface area contributed by atoms with Crippen molar-refractivity contribution in [3.63, 3.8) is 0 Å². The van der Waals surface area contributed by atoms with Gasteiger partial charge in [0.05, 0.1) is 51.4 Å². The summed E-state index contributed by atoms with van der Waals surface area (Å²) in [4.78, 5) is 263. The normalized spacial score (nSPS) is 16.3. The highest BCUT2D eigenvalue weighted by Gasteiger charge is 2.41. The van der Waals surface area contributed by atoms with Crippen LogP contribution in [0.2, 0.25) is 0 Å². The molecule has 1 aliphatic rings. The van der Waals surface area contributed by atoms with E-state index in [1.807, 2.05) is 10.6 Å². The van der Waals surface area contributed by atoms with Crippen molar-refractivity contribution in [1.82, 2.24) is 68.7 Å². The number of nitrogens with zero attached hydrogens (tertiary/aromatic N) is 1. The van der Waals surface area contributed by atoms with E-state index >= 15 is 0 Å². The molecule has 0 spiro atoms. The van der Waals surface area contributed by atoms with E-state index in [2.05, 4.69) is 53.2 Å². The number of primary amides is 3. The monoisotopic (exact) mass is 1520 g/mol. The molecule has 0 radical (unpaired) electrons. The van der Waals surface area contributed by atoms with Crippen LogP contribution in [0.25, 0.3) is 0 Å². The number of hydrogen-bond acceptors (Lipinski definition) is 22. The number of aliphatic hydroxyl groups is 1. The fourth-order valence-corrected chi connectivity index (χ4v) is 10.5. The maximum Gasteiger partial charge on any atom is 0.326 e. The van der Waals surface area contributed by atoms with E-state index < -0.39 is 280 Å². The Hall–Kier alpha value is -11.5. The lowest BCUT2D eigenvalue weighted by Crippen LogP contribution is -2.62. The van der Waals surface area contributed by atoms with Crippen LogP contribution in [-0.4, -0.2) is 248 Å². The van der Waals surface area contributed by atoms with Gasteiger partial charge in [-0.1, -0.05) is 91.1 Å². The number of nitrogens with two attached hydrogens (primary N) is 4. The number of hydrogen-bond donors (Lipinski definition) is 21. The molecule has 1 aromatic carbocycles. The molecule has 0 saturated carbocycles. The maximum absolute atomic E-state index is 14.3. The van der Waals surface area contributed by atoms with Crippen LogP contribution in [0, 0.1) is 17.8 Å². The van der Waals surface area contributed by atoms with Gasteiger partial charge in [0.1, 0.15) is 66.5 Å². The van der Waals surface area contributed by atoms with E-state index in [4.69, 9.17) is 28.0 Å². The molecule has 42 heteroatoms. The van der Waals surface area contributed by atoms with Crippen molar-refractivity contribution in [2.45, 2.75) is 204 Å². The van der Waals surface area contributed by atoms with Crippen LogP contribution in [0.5, 0.6) is 0 Å². The third kappa shape index (κ3) is 32.2. The Morgan fingerprint density at radius 3 is 1.29 bits per heavy atom. The molecular weight excluding hydrogens is 1420 g/mol. The van der Waals surface area contributed by atoms with Gasteiger partial charge in [-0.2, -0.15) is 0 Å². The lowest BCUT2D eigenvalue weighted by molar-refractivity contribution is -0.147. The molecule has 0 bridgehead atoms. The number of carbonyl (C=O) groups excluding carboxylic acids is 16. The first-order valence-corrected chi connectivity index (χ1v) is 34.2. The number of carbonyl (C=O) groups is 20. The highest BCUT2D eigenvalue weighted by molar-refractivity contribution is 6.02. The van der Waals surface area contributed by atoms with Crippen LogP contribution in [0.4, 0.5) is 0 Å². The minimum absolute atomic E-state index is 0.0331. The van der Waals surface area contributed by atoms with E-state index in [9.17, 15) is 116 Å². The zero-order valence-electron chi connectivity index (χ0n) is 59.9. The van der Waals surface area contributed by atoms with Gasteiger partial charge in [-0.25, -0.2) is 4.79 Å². The fourth-order valence-electron chi connectivity index (χ4n) is 10.5. The largest absolute Gasteiger partial charge is 0.481 e. The molecule has 42 nitrogen and oxygen atoms in total. The average Bonchev–Trinajstić information content (AvgIpc) is 1.69. The summed E-state index contributed by atoms with van der Waals surface area (Å²) >= 11 is 0. The summed E-state index contributed by atoms with van der Waals surface area (Å²) in [5.74, 6) is -27.3. The summed E-state index contributed by atoms with van der Waals surface area (Å²) in [6, 6.07) is -12.0. The van der Waals surface area contributed by atoms with E-state index in [0.29, 0.717) is 6.42 Å². The van der Waals surface area contributed by atoms with Gasteiger partial charge in [0, 0.05) is 19.4 Å². The van der Waals surface area contributed by atoms with E-state index in [1.54, 1.807) is 44.2 Å². The van der Waals surface area contributed by atoms with Crippen molar-refractivity contribution >= 4 is 118 Å². The highest BCUT2D eigenvalue weighted by Crippen LogP contribution is 2.20. The SMILES string of the molecule is CC[C@H](C)[C@H](NC(=O)[C@H](CCC(N)=O)NC(=O)[C@H](CC(N)=O)NC(=O)[C@@H](NC(=O)[C@H](CC(=O)O)NC(=O)[C@H](CC(=O)O)NC(=O)[C@@H](NC(=O)[C@@H]1CCCN1C(=O)CNC(=O)[C@@H](N)Cc1ccccc1)[C@@H](C)CC)[C@@H](C)CC)C(=O)NCC(=O)N[C@@H](CCC(N)=O)C(=O)N[C@@H](CO)C(=O)N[C@@H](CC(=O)O)C(=O)O. The molecule has 1 heterocycles. The molecule has 1 saturated heterocycles. The number of rotatable bonds is 49. The molecule has 0 aromatic heterocycles. The number of benzene rings is 1. The fraction of sp³-hybridized carbons (Fsp3) is 0.600. The van der Waals surface area contributed by atoms with Crippen LogP contribution in [-0.2, 0) is 102 Å². The first-order valence-electron chi connectivity index (χ1n) is 34.2. The van der Waals surface area contributed by atoms with Gasteiger partial charge in [-0.3, -0.25) is 91.1 Å². The maximum atomic E-state index is 14.3. The second kappa shape index (κ2) is 45.7. The summed E-state index contributed by atoms with van der Waals surface area (Å²) in [6.07, 6.45) is -5.94. The number of carboxylic acid groups (broad SMARTS) is 4.